The van der Waals surface area contributed by atoms with Crippen molar-refractivity contribution in [1.82, 2.24) is 0 Å². The molecule has 0 amide bonds. The molecule has 0 aromatic carbocycles. The Kier molecular flexibility index (Phi) is 1.34. The van der Waals surface area contributed by atoms with E-state index in [1.165, 1.54) is 0 Å². The SMILES string of the molecule is [2H]S(=N)C#C. The molecule has 0 aromatic heterocycles. The zero-order valence-corrected chi connectivity index (χ0v) is 2.80. The van der Waals surface area contributed by atoms with E-state index in [1.54, 1.807) is 0 Å². The molecule has 0 bridgehead atoms. The highest BCUT2D eigenvalue weighted by molar-refractivity contribution is 7.72. The van der Waals surface area contributed by atoms with E-state index in [9.17, 15) is 0 Å². The quantitative estimate of drug-likeness (QED) is 0.302. The third-order valence-corrected chi connectivity index (χ3v) is 0.177. The topological polar surface area (TPSA) is 23.9 Å². The van der Waals surface area contributed by atoms with Crippen molar-refractivity contribution in [3.05, 3.63) is 0 Å². The molecule has 0 rings (SSSR count). The molecule has 0 heterocycles. The molecular formula is C2H3NS. The average molecular weight is 74.1 g/mol. The first kappa shape index (κ1) is 1.98. The van der Waals surface area contributed by atoms with Crippen LogP contribution in [0.15, 0.2) is 0 Å². The lowest BCUT2D eigenvalue weighted by molar-refractivity contribution is 1.66. The number of thiol groups is 1. The van der Waals surface area contributed by atoms with Crippen LogP contribution < -0.4 is 0 Å². The summed E-state index contributed by atoms with van der Waals surface area (Å²) in [4.78, 5) is 0. The monoisotopic (exact) mass is 74.0 g/mol. The van der Waals surface area contributed by atoms with Gasteiger partial charge in [-0.1, -0.05) is 0 Å². The average Bonchev–Trinajstić information content (AvgIpc) is 1.38. The highest BCUT2D eigenvalue weighted by Gasteiger charge is 1.25. The van der Waals surface area contributed by atoms with E-state index in [-0.39, 0.29) is 0 Å². The highest BCUT2D eigenvalue weighted by atomic mass is 32.1. The molecule has 0 aliphatic carbocycles. The van der Waals surface area contributed by atoms with Gasteiger partial charge < -0.3 is 0 Å². The fourth-order valence-electron chi connectivity index (χ4n) is 0. The summed E-state index contributed by atoms with van der Waals surface area (Å²) in [6.45, 7) is 0. The minimum Gasteiger partial charge on any atom is -0.271 e. The number of nitrogens with one attached hydrogen (secondary N) is 1. The van der Waals surface area contributed by atoms with E-state index < -0.39 is 11.5 Å². The second-order valence-electron chi connectivity index (χ2n) is 0.220. The molecule has 0 radical (unpaired) electrons. The molecule has 0 fully saturated rings. The van der Waals surface area contributed by atoms with E-state index in [1.807, 2.05) is 5.25 Å². The second kappa shape index (κ2) is 2.71. The first-order chi connectivity index (χ1) is 2.27. The van der Waals surface area contributed by atoms with Gasteiger partial charge >= 0.3 is 0 Å². The van der Waals surface area contributed by atoms with Crippen LogP contribution in [0.1, 0.15) is 0 Å². The van der Waals surface area contributed by atoms with Gasteiger partial charge in [0.1, 0.15) is 1.12 Å². The van der Waals surface area contributed by atoms with Gasteiger partial charge in [0.25, 0.3) is 0 Å². The first-order valence-corrected chi connectivity index (χ1v) is 1.51. The van der Waals surface area contributed by atoms with Gasteiger partial charge in [0.15, 0.2) is 0 Å². The van der Waals surface area contributed by atoms with Crippen LogP contribution in [-0.2, 0) is 11.5 Å². The summed E-state index contributed by atoms with van der Waals surface area (Å²) in [7, 11) is 0. The van der Waals surface area contributed by atoms with Gasteiger partial charge in [0, 0.05) is 0 Å². The van der Waals surface area contributed by atoms with Crippen molar-refractivity contribution in [3.63, 3.8) is 0 Å². The molecule has 1 unspecified atom stereocenters. The molecule has 4 heavy (non-hydrogen) atoms. The molecule has 1 nitrogen and oxygen atoms in total. The van der Waals surface area contributed by atoms with Crippen LogP contribution in [-0.4, -0.2) is 1.12 Å². The van der Waals surface area contributed by atoms with E-state index in [0.29, 0.717) is 0 Å². The fraction of sp³-hybridized carbons (Fsp3) is 0. The standard InChI is InChI=1S/C2H3NS/c1-2-4-3/h1,3-4H/i4D. The van der Waals surface area contributed by atoms with Crippen molar-refractivity contribution in [2.24, 2.45) is 0 Å². The molecule has 0 aliphatic heterocycles. The summed E-state index contributed by atoms with van der Waals surface area (Å²) in [5, 5.41) is 1.89. The van der Waals surface area contributed by atoms with E-state index in [0.717, 1.165) is 0 Å². The summed E-state index contributed by atoms with van der Waals surface area (Å²) in [5.41, 5.74) is 0. The van der Waals surface area contributed by atoms with E-state index in [4.69, 9.17) is 5.90 Å². The Bertz CT molecular complexity index is 82.1. The van der Waals surface area contributed by atoms with Crippen LogP contribution in [0.2, 0.25) is 0 Å². The Balaban J connectivity index is 3.35. The molecule has 0 saturated heterocycles. The maximum atomic E-state index is 6.28. The smallest absolute Gasteiger partial charge is 0.130 e. The minimum atomic E-state index is -1.29. The molecule has 2 heteroatoms. The van der Waals surface area contributed by atoms with Gasteiger partial charge in [0.05, 0.1) is 0 Å². The Morgan fingerprint density at radius 1 is 2.50 bits per heavy atom. The Labute approximate surface area is 30.0 Å². The van der Waals surface area contributed by atoms with Gasteiger partial charge in [-0.2, -0.15) is 0 Å². The maximum absolute atomic E-state index is 6.28. The summed E-state index contributed by atoms with van der Waals surface area (Å²) >= 11 is -1.29. The Morgan fingerprint density at radius 2 is 2.75 bits per heavy atom. The number of hydrogen-bond acceptors (Lipinski definition) is 1. The lowest BCUT2D eigenvalue weighted by atomic mass is 11.4. The Morgan fingerprint density at radius 3 is 2.75 bits per heavy atom. The molecule has 0 aliphatic rings. The van der Waals surface area contributed by atoms with Crippen LogP contribution >= 0.6 is 0 Å². The van der Waals surface area contributed by atoms with Gasteiger partial charge in [-0.15, -0.1) is 6.42 Å². The summed E-state index contributed by atoms with van der Waals surface area (Å²) in [6, 6.07) is 0. The summed E-state index contributed by atoms with van der Waals surface area (Å²) < 4.78 is 12.6. The minimum absolute atomic E-state index is 1.29. The van der Waals surface area contributed by atoms with Gasteiger partial charge in [-0.3, -0.25) is 4.78 Å². The maximum Gasteiger partial charge on any atom is 0.130 e. The van der Waals surface area contributed by atoms with Crippen molar-refractivity contribution < 1.29 is 0 Å². The van der Waals surface area contributed by atoms with E-state index in [2.05, 4.69) is 6.42 Å². The van der Waals surface area contributed by atoms with Crippen molar-refractivity contribution in [3.8, 4) is 11.7 Å². The number of rotatable bonds is 0. The zero-order valence-electron chi connectivity index (χ0n) is 2.99. The van der Waals surface area contributed by atoms with E-state index >= 15 is 0 Å². The van der Waals surface area contributed by atoms with Crippen LogP contribution in [0.5, 0.6) is 0 Å². The molecule has 22 valence electrons. The Hall–Kier alpha value is -0.290. The molecule has 0 spiro atoms. The third kappa shape index (κ3) is 1.71. The van der Waals surface area contributed by atoms with Crippen molar-refractivity contribution in [2.45, 2.75) is 0 Å². The molecule has 0 saturated carbocycles. The predicted molar refractivity (Wildman–Crippen MR) is 20.3 cm³/mol. The zero-order chi connectivity index (χ0) is 4.28. The lowest BCUT2D eigenvalue weighted by Gasteiger charge is -1.39. The largest absolute Gasteiger partial charge is 0.271 e. The fourth-order valence-corrected chi connectivity index (χ4v) is 0. The predicted octanol–water partition coefficient (Wildman–Crippen LogP) is 0.154. The van der Waals surface area contributed by atoms with Gasteiger partial charge in [0.2, 0.25) is 0 Å². The van der Waals surface area contributed by atoms with Crippen LogP contribution in [0, 0.1) is 16.5 Å². The van der Waals surface area contributed by atoms with Gasteiger partial charge in [-0.25, -0.2) is 0 Å². The van der Waals surface area contributed by atoms with Crippen molar-refractivity contribution in [1.29, 1.82) is 5.90 Å². The molecular weight excluding hydrogens is 70.1 g/mol. The molecule has 1 atom stereocenters. The highest BCUT2D eigenvalue weighted by Crippen LogP contribution is 1.33. The van der Waals surface area contributed by atoms with Crippen molar-refractivity contribution in [2.75, 3.05) is 0 Å². The summed E-state index contributed by atoms with van der Waals surface area (Å²) in [5.74, 6) is 0. The number of terminal acetylenes is 1. The van der Waals surface area contributed by atoms with Crippen LogP contribution in [0.25, 0.3) is 0 Å². The summed E-state index contributed by atoms with van der Waals surface area (Å²) in [6.07, 6.45) is 4.56. The third-order valence-electron chi connectivity index (χ3n) is 0.0589. The second-order valence-corrected chi connectivity index (χ2v) is 0.660. The number of hydrogen-bond donors (Lipinski definition) is 2. The van der Waals surface area contributed by atoms with Crippen LogP contribution in [0.3, 0.4) is 0 Å². The normalized spacial score (nSPS) is 16.2. The molecule has 1 N–H and O–H groups in total. The first-order valence-electron chi connectivity index (χ1n) is 1.11. The molecule has 0 aromatic rings. The van der Waals surface area contributed by atoms with Crippen molar-refractivity contribution >= 4 is 11.5 Å². The lowest BCUT2D eigenvalue weighted by Crippen LogP contribution is -1.31. The van der Waals surface area contributed by atoms with Crippen LogP contribution in [0.4, 0.5) is 0 Å². The van der Waals surface area contributed by atoms with Gasteiger partial charge in [-0.05, 0) is 16.7 Å².